The average molecular weight is 216 g/mol. The van der Waals surface area contributed by atoms with Crippen LogP contribution in [-0.4, -0.2) is 56.5 Å². The van der Waals surface area contributed by atoms with Crippen LogP contribution in [0.25, 0.3) is 0 Å². The molecule has 1 saturated heterocycles. The molecule has 1 rings (SSSR count). The SMILES string of the molecule is CCO[C@H]1CN(CCCN)C[C@H]1OCC. The van der Waals surface area contributed by atoms with Crippen LogP contribution >= 0.6 is 0 Å². The molecule has 4 heteroatoms. The molecule has 2 N–H and O–H groups in total. The van der Waals surface area contributed by atoms with Gasteiger partial charge in [-0.05, 0) is 33.4 Å². The Labute approximate surface area is 92.7 Å². The number of nitrogens with two attached hydrogens (primary N) is 1. The van der Waals surface area contributed by atoms with Gasteiger partial charge < -0.3 is 15.2 Å². The molecule has 1 fully saturated rings. The van der Waals surface area contributed by atoms with E-state index in [-0.39, 0.29) is 12.2 Å². The molecule has 0 aromatic heterocycles. The first-order valence-electron chi connectivity index (χ1n) is 5.97. The van der Waals surface area contributed by atoms with E-state index in [0.717, 1.165) is 45.8 Å². The van der Waals surface area contributed by atoms with E-state index in [9.17, 15) is 0 Å². The number of ether oxygens (including phenoxy) is 2. The molecule has 2 atom stereocenters. The van der Waals surface area contributed by atoms with E-state index in [1.165, 1.54) is 0 Å². The van der Waals surface area contributed by atoms with Gasteiger partial charge in [0, 0.05) is 26.3 Å². The van der Waals surface area contributed by atoms with E-state index in [2.05, 4.69) is 4.90 Å². The van der Waals surface area contributed by atoms with Crippen LogP contribution in [-0.2, 0) is 9.47 Å². The first-order valence-corrected chi connectivity index (χ1v) is 5.97. The second kappa shape index (κ2) is 7.17. The van der Waals surface area contributed by atoms with Gasteiger partial charge in [0.1, 0.15) is 0 Å². The molecule has 0 saturated carbocycles. The Hall–Kier alpha value is -0.160. The Balaban J connectivity index is 2.34. The van der Waals surface area contributed by atoms with Gasteiger partial charge in [-0.25, -0.2) is 0 Å². The standard InChI is InChI=1S/C11H24N2O2/c1-3-14-10-8-13(7-5-6-12)9-11(10)15-4-2/h10-11H,3-9,12H2,1-2H3/t10-,11+. The Morgan fingerprint density at radius 1 is 1.13 bits per heavy atom. The number of hydrogen-bond donors (Lipinski definition) is 1. The minimum Gasteiger partial charge on any atom is -0.374 e. The zero-order valence-electron chi connectivity index (χ0n) is 9.95. The summed E-state index contributed by atoms with van der Waals surface area (Å²) >= 11 is 0. The second-order valence-electron chi connectivity index (χ2n) is 3.89. The van der Waals surface area contributed by atoms with Gasteiger partial charge in [0.05, 0.1) is 12.2 Å². The lowest BCUT2D eigenvalue weighted by Gasteiger charge is -2.17. The molecule has 1 heterocycles. The first-order chi connectivity index (χ1) is 7.31. The Morgan fingerprint density at radius 3 is 2.07 bits per heavy atom. The first kappa shape index (κ1) is 12.9. The lowest BCUT2D eigenvalue weighted by Crippen LogP contribution is -2.29. The van der Waals surface area contributed by atoms with Crippen LogP contribution in [0.1, 0.15) is 20.3 Å². The van der Waals surface area contributed by atoms with Gasteiger partial charge in [0.2, 0.25) is 0 Å². The van der Waals surface area contributed by atoms with E-state index < -0.39 is 0 Å². The van der Waals surface area contributed by atoms with Crippen molar-refractivity contribution in [3.05, 3.63) is 0 Å². The van der Waals surface area contributed by atoms with Crippen LogP contribution in [0.2, 0.25) is 0 Å². The third-order valence-electron chi connectivity index (χ3n) is 2.73. The predicted molar refractivity (Wildman–Crippen MR) is 60.9 cm³/mol. The average Bonchev–Trinajstić information content (AvgIpc) is 2.59. The molecule has 0 aromatic carbocycles. The van der Waals surface area contributed by atoms with Crippen LogP contribution in [0.3, 0.4) is 0 Å². The molecule has 1 aliphatic heterocycles. The van der Waals surface area contributed by atoms with Gasteiger partial charge in [0.15, 0.2) is 0 Å². The van der Waals surface area contributed by atoms with E-state index in [0.29, 0.717) is 0 Å². The predicted octanol–water partition coefficient (Wildman–Crippen LogP) is 0.461. The molecule has 0 unspecified atom stereocenters. The van der Waals surface area contributed by atoms with Crippen molar-refractivity contribution < 1.29 is 9.47 Å². The highest BCUT2D eigenvalue weighted by Crippen LogP contribution is 2.16. The molecule has 1 aliphatic rings. The van der Waals surface area contributed by atoms with Crippen LogP contribution in [0.4, 0.5) is 0 Å². The summed E-state index contributed by atoms with van der Waals surface area (Å²) in [7, 11) is 0. The van der Waals surface area contributed by atoms with E-state index in [1.54, 1.807) is 0 Å². The molecule has 15 heavy (non-hydrogen) atoms. The number of nitrogens with zero attached hydrogens (tertiary/aromatic N) is 1. The molecule has 0 aliphatic carbocycles. The van der Waals surface area contributed by atoms with Gasteiger partial charge in [-0.2, -0.15) is 0 Å². The van der Waals surface area contributed by atoms with Crippen LogP contribution in [0.5, 0.6) is 0 Å². The maximum atomic E-state index is 5.68. The quantitative estimate of drug-likeness (QED) is 0.671. The zero-order valence-corrected chi connectivity index (χ0v) is 9.95. The fraction of sp³-hybridized carbons (Fsp3) is 1.00. The second-order valence-corrected chi connectivity index (χ2v) is 3.89. The monoisotopic (exact) mass is 216 g/mol. The molecule has 0 radical (unpaired) electrons. The molecular weight excluding hydrogens is 192 g/mol. The number of hydrogen-bond acceptors (Lipinski definition) is 4. The van der Waals surface area contributed by atoms with Gasteiger partial charge in [-0.3, -0.25) is 4.90 Å². The smallest absolute Gasteiger partial charge is 0.0975 e. The highest BCUT2D eigenvalue weighted by atomic mass is 16.5. The molecule has 0 amide bonds. The van der Waals surface area contributed by atoms with Crippen molar-refractivity contribution >= 4 is 0 Å². The number of rotatable bonds is 7. The lowest BCUT2D eigenvalue weighted by atomic mass is 10.2. The van der Waals surface area contributed by atoms with Crippen molar-refractivity contribution in [1.29, 1.82) is 0 Å². The van der Waals surface area contributed by atoms with Gasteiger partial charge in [-0.15, -0.1) is 0 Å². The summed E-state index contributed by atoms with van der Waals surface area (Å²) in [6.45, 7) is 9.38. The molecule has 0 spiro atoms. The van der Waals surface area contributed by atoms with Gasteiger partial charge in [-0.1, -0.05) is 0 Å². The van der Waals surface area contributed by atoms with Crippen molar-refractivity contribution in [1.82, 2.24) is 4.90 Å². The van der Waals surface area contributed by atoms with Gasteiger partial charge in [0.25, 0.3) is 0 Å². The third kappa shape index (κ3) is 4.07. The van der Waals surface area contributed by atoms with Crippen molar-refractivity contribution in [2.45, 2.75) is 32.5 Å². The van der Waals surface area contributed by atoms with E-state index in [4.69, 9.17) is 15.2 Å². The lowest BCUT2D eigenvalue weighted by molar-refractivity contribution is -0.0388. The highest BCUT2D eigenvalue weighted by Gasteiger charge is 2.33. The van der Waals surface area contributed by atoms with Crippen LogP contribution in [0, 0.1) is 0 Å². The minimum absolute atomic E-state index is 0.243. The molecule has 0 aromatic rings. The van der Waals surface area contributed by atoms with Gasteiger partial charge >= 0.3 is 0 Å². The van der Waals surface area contributed by atoms with Crippen LogP contribution in [0.15, 0.2) is 0 Å². The topological polar surface area (TPSA) is 47.7 Å². The minimum atomic E-state index is 0.243. The summed E-state index contributed by atoms with van der Waals surface area (Å²) in [6, 6.07) is 0. The van der Waals surface area contributed by atoms with Crippen molar-refractivity contribution in [3.8, 4) is 0 Å². The maximum absolute atomic E-state index is 5.68. The Kier molecular flexibility index (Phi) is 6.17. The summed E-state index contributed by atoms with van der Waals surface area (Å²) in [5, 5.41) is 0. The fourth-order valence-electron chi connectivity index (χ4n) is 2.06. The summed E-state index contributed by atoms with van der Waals surface area (Å²) in [5.41, 5.74) is 5.50. The summed E-state index contributed by atoms with van der Waals surface area (Å²) in [6.07, 6.45) is 1.54. The van der Waals surface area contributed by atoms with Crippen LogP contribution < -0.4 is 5.73 Å². The van der Waals surface area contributed by atoms with Crippen molar-refractivity contribution in [3.63, 3.8) is 0 Å². The summed E-state index contributed by atoms with van der Waals surface area (Å²) in [5.74, 6) is 0. The third-order valence-corrected chi connectivity index (χ3v) is 2.73. The normalized spacial score (nSPS) is 27.4. The van der Waals surface area contributed by atoms with Crippen molar-refractivity contribution in [2.75, 3.05) is 39.4 Å². The molecule has 0 bridgehead atoms. The molecular formula is C11H24N2O2. The molecule has 4 nitrogen and oxygen atoms in total. The molecule has 90 valence electrons. The van der Waals surface area contributed by atoms with Crippen molar-refractivity contribution in [2.24, 2.45) is 5.73 Å². The maximum Gasteiger partial charge on any atom is 0.0975 e. The summed E-state index contributed by atoms with van der Waals surface area (Å²) < 4.78 is 11.4. The highest BCUT2D eigenvalue weighted by molar-refractivity contribution is 4.86. The summed E-state index contributed by atoms with van der Waals surface area (Å²) in [4.78, 5) is 2.38. The number of likely N-dealkylation sites (tertiary alicyclic amines) is 1. The Morgan fingerprint density at radius 2 is 1.67 bits per heavy atom. The fourth-order valence-corrected chi connectivity index (χ4v) is 2.06. The zero-order chi connectivity index (χ0) is 11.1. The van der Waals surface area contributed by atoms with E-state index >= 15 is 0 Å². The Bertz CT molecular complexity index is 153. The largest absolute Gasteiger partial charge is 0.374 e. The van der Waals surface area contributed by atoms with E-state index in [1.807, 2.05) is 13.8 Å².